The molecule has 9 nitrogen and oxygen atoms in total. The molecule has 0 radical (unpaired) electrons. The zero-order chi connectivity index (χ0) is 28.1. The largest absolute Gasteiger partial charge is 0.497 e. The van der Waals surface area contributed by atoms with Gasteiger partial charge in [-0.3, -0.25) is 20.0 Å². The number of pyridine rings is 2. The number of amides is 1. The molecule has 40 heavy (non-hydrogen) atoms. The zero-order valence-electron chi connectivity index (χ0n) is 21.6. The second kappa shape index (κ2) is 11.5. The second-order valence-electron chi connectivity index (χ2n) is 9.00. The Morgan fingerprint density at radius 1 is 0.950 bits per heavy atom. The molecular formula is C30H26N4O5S. The summed E-state index contributed by atoms with van der Waals surface area (Å²) in [5.74, 6) is -0.816. The first-order chi connectivity index (χ1) is 19.4. The Labute approximate surface area is 231 Å². The highest BCUT2D eigenvalue weighted by atomic mass is 32.2. The smallest absolute Gasteiger partial charge is 0.278 e. The molecule has 0 saturated heterocycles. The number of nitrogens with one attached hydrogen (secondary N) is 1. The van der Waals surface area contributed by atoms with Crippen LogP contribution in [-0.2, 0) is 16.3 Å². The first-order valence-corrected chi connectivity index (χ1v) is 14.0. The van der Waals surface area contributed by atoms with E-state index < -0.39 is 21.6 Å². The number of methoxy groups -OCH3 is 1. The van der Waals surface area contributed by atoms with Crippen LogP contribution in [0.5, 0.6) is 5.75 Å². The van der Waals surface area contributed by atoms with Crippen molar-refractivity contribution in [2.45, 2.75) is 11.3 Å². The van der Waals surface area contributed by atoms with Gasteiger partial charge in [-0.25, -0.2) is 13.9 Å². The van der Waals surface area contributed by atoms with Crippen molar-refractivity contribution < 1.29 is 23.2 Å². The molecule has 2 heterocycles. The number of hydroxylamine groups is 1. The Morgan fingerprint density at radius 3 is 2.40 bits per heavy atom. The number of sulfone groups is 1. The molecule has 5 rings (SSSR count). The monoisotopic (exact) mass is 554 g/mol. The molecule has 0 atom stereocenters. The van der Waals surface area contributed by atoms with E-state index in [4.69, 9.17) is 4.74 Å². The maximum absolute atomic E-state index is 13.7. The lowest BCUT2D eigenvalue weighted by atomic mass is 9.99. The summed E-state index contributed by atoms with van der Waals surface area (Å²) in [6, 6.07) is 24.9. The van der Waals surface area contributed by atoms with Gasteiger partial charge in [0.25, 0.3) is 5.91 Å². The van der Waals surface area contributed by atoms with Crippen molar-refractivity contribution in [3.63, 3.8) is 0 Å². The Kier molecular flexibility index (Phi) is 7.72. The van der Waals surface area contributed by atoms with Crippen LogP contribution in [0.1, 0.15) is 21.5 Å². The van der Waals surface area contributed by atoms with Crippen LogP contribution in [0.2, 0.25) is 0 Å². The minimum absolute atomic E-state index is 0.000597. The molecule has 5 aromatic rings. The molecule has 0 aliphatic rings. The third-order valence-corrected chi connectivity index (χ3v) is 8.07. The van der Waals surface area contributed by atoms with Crippen LogP contribution in [0.15, 0.2) is 108 Å². The lowest BCUT2D eigenvalue weighted by molar-refractivity contribution is 0.0707. The zero-order valence-corrected chi connectivity index (χ0v) is 22.4. The van der Waals surface area contributed by atoms with Gasteiger partial charge in [0.05, 0.1) is 40.7 Å². The highest BCUT2D eigenvalue weighted by Crippen LogP contribution is 2.37. The molecule has 1 amide bonds. The van der Waals surface area contributed by atoms with E-state index in [1.807, 2.05) is 42.5 Å². The Balaban J connectivity index is 1.71. The second-order valence-corrected chi connectivity index (χ2v) is 11.0. The third-order valence-electron chi connectivity index (χ3n) is 6.48. The Hall–Kier alpha value is -4.80. The van der Waals surface area contributed by atoms with E-state index >= 15 is 0 Å². The van der Waals surface area contributed by atoms with Crippen molar-refractivity contribution in [2.24, 2.45) is 0 Å². The summed E-state index contributed by atoms with van der Waals surface area (Å²) in [5, 5.41) is 10.1. The molecule has 2 aromatic heterocycles. The van der Waals surface area contributed by atoms with E-state index in [0.717, 1.165) is 11.1 Å². The van der Waals surface area contributed by atoms with Crippen molar-refractivity contribution in [1.29, 1.82) is 0 Å². The van der Waals surface area contributed by atoms with Crippen LogP contribution in [0, 0.1) is 0 Å². The molecule has 0 unspecified atom stereocenters. The van der Waals surface area contributed by atoms with Gasteiger partial charge in [-0.15, -0.1) is 0 Å². The first kappa shape index (κ1) is 26.8. The lowest BCUT2D eigenvalue weighted by Gasteiger charge is -2.28. The van der Waals surface area contributed by atoms with E-state index in [1.165, 1.54) is 36.5 Å². The highest BCUT2D eigenvalue weighted by Gasteiger charge is 2.28. The first-order valence-electron chi connectivity index (χ1n) is 12.3. The predicted octanol–water partition coefficient (Wildman–Crippen LogP) is 4.92. The summed E-state index contributed by atoms with van der Waals surface area (Å²) in [7, 11) is -2.43. The average molecular weight is 555 g/mol. The summed E-state index contributed by atoms with van der Waals surface area (Å²) < 4.78 is 32.6. The van der Waals surface area contributed by atoms with Gasteiger partial charge in [-0.05, 0) is 53.9 Å². The standard InChI is InChI=1S/C30H26N4O5S/c1-39-24-12-14-25(15-13-24)40(37,38)20-34(23-10-6-16-31-18-23)29-26-11-5-9-22(17-21-7-3-2-4-8-21)28(26)32-19-27(29)30(35)33-36/h2-16,18-19,36H,17,20H2,1H3,(H,33,35). The number of para-hydroxylation sites is 1. The molecule has 0 aliphatic carbocycles. The topological polar surface area (TPSA) is 122 Å². The van der Waals surface area contributed by atoms with Crippen LogP contribution >= 0.6 is 0 Å². The molecule has 0 aliphatic heterocycles. The maximum Gasteiger partial charge on any atom is 0.278 e. The van der Waals surface area contributed by atoms with Gasteiger partial charge >= 0.3 is 0 Å². The molecule has 0 fully saturated rings. The minimum atomic E-state index is -3.93. The molecule has 3 aromatic carbocycles. The van der Waals surface area contributed by atoms with E-state index in [0.29, 0.717) is 28.8 Å². The van der Waals surface area contributed by atoms with Gasteiger partial charge in [0, 0.05) is 17.8 Å². The van der Waals surface area contributed by atoms with Crippen LogP contribution < -0.4 is 15.1 Å². The van der Waals surface area contributed by atoms with Crippen LogP contribution in [0.25, 0.3) is 10.9 Å². The van der Waals surface area contributed by atoms with Gasteiger partial charge in [-0.2, -0.15) is 0 Å². The fourth-order valence-corrected chi connectivity index (χ4v) is 5.87. The van der Waals surface area contributed by atoms with E-state index in [1.54, 1.807) is 42.0 Å². The average Bonchev–Trinajstić information content (AvgIpc) is 3.00. The van der Waals surface area contributed by atoms with Gasteiger partial charge in [0.1, 0.15) is 11.6 Å². The van der Waals surface area contributed by atoms with Crippen molar-refractivity contribution in [3.05, 3.63) is 120 Å². The van der Waals surface area contributed by atoms with Crippen molar-refractivity contribution in [1.82, 2.24) is 15.4 Å². The summed E-state index contributed by atoms with van der Waals surface area (Å²) >= 11 is 0. The number of hydrogen-bond acceptors (Lipinski definition) is 8. The van der Waals surface area contributed by atoms with Gasteiger partial charge in [0.15, 0.2) is 9.84 Å². The molecule has 10 heteroatoms. The Bertz CT molecular complexity index is 1750. The third kappa shape index (κ3) is 5.49. The predicted molar refractivity (Wildman–Crippen MR) is 152 cm³/mol. The van der Waals surface area contributed by atoms with Crippen molar-refractivity contribution in [2.75, 3.05) is 17.9 Å². The van der Waals surface area contributed by atoms with Crippen LogP contribution in [0.4, 0.5) is 11.4 Å². The fourth-order valence-electron chi connectivity index (χ4n) is 4.55. The SMILES string of the molecule is COc1ccc(S(=O)(=O)CN(c2cccnc2)c2c(C(=O)NO)cnc3c(Cc4ccccc4)cccc23)cc1. The number of carbonyl (C=O) groups is 1. The number of anilines is 2. The summed E-state index contributed by atoms with van der Waals surface area (Å²) in [5.41, 5.74) is 4.95. The molecule has 0 saturated carbocycles. The highest BCUT2D eigenvalue weighted by molar-refractivity contribution is 7.91. The van der Waals surface area contributed by atoms with E-state index in [-0.39, 0.29) is 16.1 Å². The van der Waals surface area contributed by atoms with Crippen LogP contribution in [-0.4, -0.2) is 42.5 Å². The maximum atomic E-state index is 13.7. The van der Waals surface area contributed by atoms with E-state index in [9.17, 15) is 18.4 Å². The quantitative estimate of drug-likeness (QED) is 0.195. The van der Waals surface area contributed by atoms with E-state index in [2.05, 4.69) is 9.97 Å². The normalized spacial score (nSPS) is 11.2. The number of carbonyl (C=O) groups excluding carboxylic acids is 1. The molecule has 0 bridgehead atoms. The summed E-state index contributed by atoms with van der Waals surface area (Å²) in [6.45, 7) is 0. The number of hydrogen-bond donors (Lipinski definition) is 2. The lowest BCUT2D eigenvalue weighted by Crippen LogP contribution is -2.29. The van der Waals surface area contributed by atoms with Crippen LogP contribution in [0.3, 0.4) is 0 Å². The van der Waals surface area contributed by atoms with Gasteiger partial charge in [0.2, 0.25) is 0 Å². The number of rotatable bonds is 9. The van der Waals surface area contributed by atoms with Crippen molar-refractivity contribution in [3.8, 4) is 5.75 Å². The number of aromatic nitrogens is 2. The molecule has 0 spiro atoms. The molecule has 2 N–H and O–H groups in total. The molecule has 202 valence electrons. The fraction of sp³-hybridized carbons (Fsp3) is 0.100. The Morgan fingerprint density at radius 2 is 1.73 bits per heavy atom. The van der Waals surface area contributed by atoms with Gasteiger partial charge in [-0.1, -0.05) is 48.5 Å². The summed E-state index contributed by atoms with van der Waals surface area (Å²) in [4.78, 5) is 23.2. The number of benzene rings is 3. The number of fused-ring (bicyclic) bond motifs is 1. The summed E-state index contributed by atoms with van der Waals surface area (Å²) in [6.07, 6.45) is 5.02. The van der Waals surface area contributed by atoms with Gasteiger partial charge < -0.3 is 9.64 Å². The number of nitrogens with zero attached hydrogens (tertiary/aromatic N) is 3. The van der Waals surface area contributed by atoms with Crippen molar-refractivity contribution >= 4 is 38.0 Å². The minimum Gasteiger partial charge on any atom is -0.497 e. The number of ether oxygens (including phenoxy) is 1. The molecular weight excluding hydrogens is 528 g/mol.